The van der Waals surface area contributed by atoms with Crippen LogP contribution in [0.3, 0.4) is 0 Å². The van der Waals surface area contributed by atoms with Crippen LogP contribution >= 0.6 is 0 Å². The summed E-state index contributed by atoms with van der Waals surface area (Å²) in [5, 5.41) is 3.48. The summed E-state index contributed by atoms with van der Waals surface area (Å²) in [6.07, 6.45) is 3.08. The zero-order valence-corrected chi connectivity index (χ0v) is 11.0. The van der Waals surface area contributed by atoms with Gasteiger partial charge in [0.1, 0.15) is 11.6 Å². The van der Waals surface area contributed by atoms with E-state index in [1.54, 1.807) is 0 Å². The molecule has 1 saturated carbocycles. The lowest BCUT2D eigenvalue weighted by atomic mass is 9.89. The van der Waals surface area contributed by atoms with E-state index in [0.717, 1.165) is 37.4 Å². The van der Waals surface area contributed by atoms with Crippen LogP contribution in [0.15, 0.2) is 18.2 Å². The molecule has 1 aromatic rings. The van der Waals surface area contributed by atoms with E-state index >= 15 is 0 Å². The van der Waals surface area contributed by atoms with Crippen LogP contribution < -0.4 is 5.32 Å². The number of hydrogen-bond acceptors (Lipinski definition) is 1. The van der Waals surface area contributed by atoms with E-state index in [9.17, 15) is 8.78 Å². The average molecular weight is 253 g/mol. The van der Waals surface area contributed by atoms with Gasteiger partial charge in [0.15, 0.2) is 0 Å². The Morgan fingerprint density at radius 1 is 1.17 bits per heavy atom. The third-order valence-corrected chi connectivity index (χ3v) is 4.11. The first kappa shape index (κ1) is 13.5. The molecule has 1 nitrogen and oxygen atoms in total. The predicted molar refractivity (Wildman–Crippen MR) is 69.4 cm³/mol. The van der Waals surface area contributed by atoms with Crippen molar-refractivity contribution in [3.05, 3.63) is 35.4 Å². The van der Waals surface area contributed by atoms with Crippen LogP contribution in [0.5, 0.6) is 0 Å². The van der Waals surface area contributed by atoms with Crippen LogP contribution in [0.25, 0.3) is 0 Å². The van der Waals surface area contributed by atoms with Crippen molar-refractivity contribution in [3.8, 4) is 0 Å². The molecule has 0 aromatic heterocycles. The summed E-state index contributed by atoms with van der Waals surface area (Å²) in [5.41, 5.74) is 0.779. The molecule has 100 valence electrons. The van der Waals surface area contributed by atoms with Crippen molar-refractivity contribution in [1.29, 1.82) is 0 Å². The van der Waals surface area contributed by atoms with E-state index < -0.39 is 11.6 Å². The first-order valence-corrected chi connectivity index (χ1v) is 6.78. The van der Waals surface area contributed by atoms with Gasteiger partial charge in [-0.25, -0.2) is 8.78 Å². The van der Waals surface area contributed by atoms with E-state index in [1.165, 1.54) is 12.1 Å². The minimum atomic E-state index is -0.473. The molecule has 0 bridgehead atoms. The average Bonchev–Trinajstić information content (AvgIpc) is 2.61. The molecule has 0 aliphatic heterocycles. The molecular formula is C15H21F2N. The van der Waals surface area contributed by atoms with Crippen LogP contribution in [-0.2, 0) is 6.42 Å². The molecule has 3 atom stereocenters. The highest BCUT2D eigenvalue weighted by Gasteiger charge is 2.32. The Labute approximate surface area is 108 Å². The van der Waals surface area contributed by atoms with Gasteiger partial charge in [-0.3, -0.25) is 0 Å². The summed E-state index contributed by atoms with van der Waals surface area (Å²) in [6.45, 7) is 5.33. The minimum Gasteiger partial charge on any atom is -0.314 e. The van der Waals surface area contributed by atoms with Gasteiger partial charge >= 0.3 is 0 Å². The van der Waals surface area contributed by atoms with Gasteiger partial charge in [-0.15, -0.1) is 0 Å². The second kappa shape index (κ2) is 5.79. The van der Waals surface area contributed by atoms with Crippen LogP contribution in [0.2, 0.25) is 0 Å². The maximum absolute atomic E-state index is 13.1. The van der Waals surface area contributed by atoms with Gasteiger partial charge in [0.2, 0.25) is 0 Å². The molecule has 1 aliphatic rings. The highest BCUT2D eigenvalue weighted by molar-refractivity contribution is 5.19. The highest BCUT2D eigenvalue weighted by Crippen LogP contribution is 2.34. The summed E-state index contributed by atoms with van der Waals surface area (Å²) < 4.78 is 26.3. The van der Waals surface area contributed by atoms with Gasteiger partial charge in [-0.05, 0) is 55.3 Å². The first-order chi connectivity index (χ1) is 8.60. The molecule has 0 heterocycles. The zero-order chi connectivity index (χ0) is 13.1. The third kappa shape index (κ3) is 3.08. The fourth-order valence-electron chi connectivity index (χ4n) is 3.12. The van der Waals surface area contributed by atoms with Gasteiger partial charge in [0.05, 0.1) is 0 Å². The molecule has 0 spiro atoms. The third-order valence-electron chi connectivity index (χ3n) is 4.11. The second-order valence-electron chi connectivity index (χ2n) is 5.34. The Bertz CT molecular complexity index is 385. The minimum absolute atomic E-state index is 0.473. The molecule has 2 rings (SSSR count). The normalized spacial score (nSPS) is 27.7. The summed E-state index contributed by atoms with van der Waals surface area (Å²) >= 11 is 0. The lowest BCUT2D eigenvalue weighted by molar-refractivity contribution is 0.354. The lowest BCUT2D eigenvalue weighted by Crippen LogP contribution is -2.32. The maximum Gasteiger partial charge on any atom is 0.126 e. The van der Waals surface area contributed by atoms with Crippen molar-refractivity contribution in [3.63, 3.8) is 0 Å². The van der Waals surface area contributed by atoms with Crippen LogP contribution in [-0.4, -0.2) is 12.6 Å². The molecule has 1 aliphatic carbocycles. The van der Waals surface area contributed by atoms with E-state index in [1.807, 2.05) is 0 Å². The van der Waals surface area contributed by atoms with E-state index in [-0.39, 0.29) is 0 Å². The van der Waals surface area contributed by atoms with Gasteiger partial charge < -0.3 is 5.32 Å². The fraction of sp³-hybridized carbons (Fsp3) is 0.600. The second-order valence-corrected chi connectivity index (χ2v) is 5.34. The van der Waals surface area contributed by atoms with Crippen molar-refractivity contribution < 1.29 is 8.78 Å². The first-order valence-electron chi connectivity index (χ1n) is 6.78. The SMILES string of the molecule is CCNC1CCC(Cc2cc(F)cc(F)c2)C1C. The monoisotopic (exact) mass is 253 g/mol. The lowest BCUT2D eigenvalue weighted by Gasteiger charge is -2.21. The van der Waals surface area contributed by atoms with E-state index in [4.69, 9.17) is 0 Å². The molecule has 1 aromatic carbocycles. The molecule has 1 N–H and O–H groups in total. The largest absolute Gasteiger partial charge is 0.314 e. The predicted octanol–water partition coefficient (Wildman–Crippen LogP) is 3.53. The van der Waals surface area contributed by atoms with Gasteiger partial charge in [0.25, 0.3) is 0 Å². The number of rotatable bonds is 4. The molecule has 3 unspecified atom stereocenters. The summed E-state index contributed by atoms with van der Waals surface area (Å²) in [5.74, 6) is 0.143. The summed E-state index contributed by atoms with van der Waals surface area (Å²) in [6, 6.07) is 4.40. The molecule has 18 heavy (non-hydrogen) atoms. The maximum atomic E-state index is 13.1. The quantitative estimate of drug-likeness (QED) is 0.865. The standard InChI is InChI=1S/C15H21F2N/c1-3-18-15-5-4-12(10(15)2)6-11-7-13(16)9-14(17)8-11/h7-10,12,15,18H,3-6H2,1-2H3. The topological polar surface area (TPSA) is 12.0 Å². The summed E-state index contributed by atoms with van der Waals surface area (Å²) in [7, 11) is 0. The number of benzene rings is 1. The molecule has 0 amide bonds. The fourth-order valence-corrected chi connectivity index (χ4v) is 3.12. The number of halogens is 2. The Kier molecular flexibility index (Phi) is 4.33. The highest BCUT2D eigenvalue weighted by atomic mass is 19.1. The van der Waals surface area contributed by atoms with E-state index in [0.29, 0.717) is 17.9 Å². The van der Waals surface area contributed by atoms with Gasteiger partial charge in [-0.2, -0.15) is 0 Å². The Morgan fingerprint density at radius 3 is 2.44 bits per heavy atom. The van der Waals surface area contributed by atoms with Crippen LogP contribution in [0, 0.1) is 23.5 Å². The van der Waals surface area contributed by atoms with Crippen molar-refractivity contribution in [2.75, 3.05) is 6.54 Å². The Balaban J connectivity index is 2.01. The van der Waals surface area contributed by atoms with E-state index in [2.05, 4.69) is 19.2 Å². The summed E-state index contributed by atoms with van der Waals surface area (Å²) in [4.78, 5) is 0. The molecule has 0 saturated heterocycles. The van der Waals surface area contributed by atoms with Crippen molar-refractivity contribution >= 4 is 0 Å². The van der Waals surface area contributed by atoms with Crippen molar-refractivity contribution in [2.24, 2.45) is 11.8 Å². The smallest absolute Gasteiger partial charge is 0.126 e. The zero-order valence-electron chi connectivity index (χ0n) is 11.0. The van der Waals surface area contributed by atoms with Crippen LogP contribution in [0.4, 0.5) is 8.78 Å². The number of hydrogen-bond donors (Lipinski definition) is 1. The molecule has 3 heteroatoms. The molecular weight excluding hydrogens is 232 g/mol. The number of nitrogens with one attached hydrogen (secondary N) is 1. The van der Waals surface area contributed by atoms with Crippen molar-refractivity contribution in [2.45, 2.75) is 39.2 Å². The molecule has 0 radical (unpaired) electrons. The van der Waals surface area contributed by atoms with Gasteiger partial charge in [0, 0.05) is 12.1 Å². The molecule has 1 fully saturated rings. The Morgan fingerprint density at radius 2 is 1.83 bits per heavy atom. The van der Waals surface area contributed by atoms with Gasteiger partial charge in [-0.1, -0.05) is 13.8 Å². The van der Waals surface area contributed by atoms with Crippen LogP contribution in [0.1, 0.15) is 32.3 Å². The Hall–Kier alpha value is -0.960. The van der Waals surface area contributed by atoms with Crippen molar-refractivity contribution in [1.82, 2.24) is 5.32 Å².